The van der Waals surface area contributed by atoms with E-state index in [9.17, 15) is 4.79 Å². The summed E-state index contributed by atoms with van der Waals surface area (Å²) >= 11 is 0. The summed E-state index contributed by atoms with van der Waals surface area (Å²) in [6.45, 7) is 0.314. The zero-order valence-corrected chi connectivity index (χ0v) is 10.1. The molecule has 0 aliphatic rings. The highest BCUT2D eigenvalue weighted by Gasteiger charge is 2.10. The van der Waals surface area contributed by atoms with Crippen molar-refractivity contribution in [2.24, 2.45) is 0 Å². The van der Waals surface area contributed by atoms with E-state index in [1.807, 2.05) is 0 Å². The minimum atomic E-state index is -0.407. The van der Waals surface area contributed by atoms with Gasteiger partial charge in [-0.05, 0) is 18.6 Å². The Kier molecular flexibility index (Phi) is 5.40. The Morgan fingerprint density at radius 2 is 1.76 bits per heavy atom. The van der Waals surface area contributed by atoms with Crippen molar-refractivity contribution in [2.75, 3.05) is 20.8 Å². The maximum absolute atomic E-state index is 11.7. The lowest BCUT2D eigenvalue weighted by molar-refractivity contribution is 0.0504. The zero-order valence-electron chi connectivity index (χ0n) is 10.1. The van der Waals surface area contributed by atoms with Crippen LogP contribution in [0.15, 0.2) is 18.2 Å². The third kappa shape index (κ3) is 4.02. The van der Waals surface area contributed by atoms with Crippen LogP contribution in [0.2, 0.25) is 6.32 Å². The van der Waals surface area contributed by atoms with E-state index in [0.717, 1.165) is 0 Å². The van der Waals surface area contributed by atoms with Crippen LogP contribution in [-0.4, -0.2) is 34.6 Å². The lowest BCUT2D eigenvalue weighted by atomic mass is 10.0. The van der Waals surface area contributed by atoms with Crippen LogP contribution >= 0.6 is 0 Å². The van der Waals surface area contributed by atoms with Crippen LogP contribution in [0.25, 0.3) is 0 Å². The fraction of sp³-hybridized carbons (Fsp3) is 0.417. The SMILES string of the molecule is [B]CCCOC(=O)c1cc(OC)cc(OC)c1. The van der Waals surface area contributed by atoms with E-state index in [2.05, 4.69) is 0 Å². The number of carbonyl (C=O) groups excluding carboxylic acids is 1. The Balaban J connectivity index is 2.77. The number of benzene rings is 1. The summed E-state index contributed by atoms with van der Waals surface area (Å²) in [5, 5.41) is 0. The van der Waals surface area contributed by atoms with Gasteiger partial charge in [-0.15, -0.1) is 0 Å². The van der Waals surface area contributed by atoms with Gasteiger partial charge in [-0.3, -0.25) is 0 Å². The molecule has 0 fully saturated rings. The van der Waals surface area contributed by atoms with Crippen molar-refractivity contribution in [3.8, 4) is 11.5 Å². The molecule has 1 rings (SSSR count). The quantitative estimate of drug-likeness (QED) is 0.428. The first-order valence-corrected chi connectivity index (χ1v) is 5.31. The number of ether oxygens (including phenoxy) is 3. The van der Waals surface area contributed by atoms with Crippen molar-refractivity contribution in [1.82, 2.24) is 0 Å². The van der Waals surface area contributed by atoms with Crippen molar-refractivity contribution < 1.29 is 19.0 Å². The molecule has 2 radical (unpaired) electrons. The zero-order chi connectivity index (χ0) is 12.7. The molecule has 0 bridgehead atoms. The van der Waals surface area contributed by atoms with Gasteiger partial charge in [0.05, 0.1) is 34.2 Å². The first kappa shape index (κ1) is 13.4. The van der Waals surface area contributed by atoms with Crippen LogP contribution in [0.1, 0.15) is 16.8 Å². The smallest absolute Gasteiger partial charge is 0.338 e. The molecule has 0 saturated carbocycles. The molecule has 4 nitrogen and oxygen atoms in total. The fourth-order valence-corrected chi connectivity index (χ4v) is 1.26. The van der Waals surface area contributed by atoms with Crippen LogP contribution in [-0.2, 0) is 4.74 Å². The number of rotatable bonds is 6. The van der Waals surface area contributed by atoms with E-state index in [4.69, 9.17) is 22.1 Å². The third-order valence-electron chi connectivity index (χ3n) is 2.17. The van der Waals surface area contributed by atoms with Crippen LogP contribution in [0, 0.1) is 0 Å². The van der Waals surface area contributed by atoms with Gasteiger partial charge in [-0.25, -0.2) is 4.79 Å². The molecular weight excluding hydrogens is 219 g/mol. The van der Waals surface area contributed by atoms with Crippen molar-refractivity contribution in [3.63, 3.8) is 0 Å². The molecule has 0 spiro atoms. The summed E-state index contributed by atoms with van der Waals surface area (Å²) in [6.07, 6.45) is 1.14. The largest absolute Gasteiger partial charge is 0.497 e. The molecule has 5 heteroatoms. The average Bonchev–Trinajstić information content (AvgIpc) is 2.38. The van der Waals surface area contributed by atoms with Crippen molar-refractivity contribution in [3.05, 3.63) is 23.8 Å². The first-order chi connectivity index (χ1) is 8.21. The number of esters is 1. The van der Waals surface area contributed by atoms with E-state index in [-0.39, 0.29) is 0 Å². The first-order valence-electron chi connectivity index (χ1n) is 5.31. The highest BCUT2D eigenvalue weighted by molar-refractivity contribution is 6.08. The number of carbonyl (C=O) groups is 1. The summed E-state index contributed by atoms with van der Waals surface area (Å²) in [4.78, 5) is 11.7. The standard InChI is InChI=1S/C12H15BO4/c1-15-10-6-9(7-11(8-10)16-2)12(14)17-5-3-4-13/h6-8H,3-5H2,1-2H3. The molecule has 0 heterocycles. The summed E-state index contributed by atoms with van der Waals surface area (Å²) in [5.41, 5.74) is 0.401. The van der Waals surface area contributed by atoms with E-state index in [1.165, 1.54) is 14.2 Å². The number of hydrogen-bond donors (Lipinski definition) is 0. The Bertz CT molecular complexity index is 357. The second-order valence-corrected chi connectivity index (χ2v) is 3.38. The van der Waals surface area contributed by atoms with E-state index in [1.54, 1.807) is 18.2 Å². The van der Waals surface area contributed by atoms with Crippen molar-refractivity contribution in [1.29, 1.82) is 0 Å². The van der Waals surface area contributed by atoms with Gasteiger partial charge in [0.15, 0.2) is 0 Å². The molecule has 0 aromatic heterocycles. The molecule has 0 saturated heterocycles. The summed E-state index contributed by atoms with van der Waals surface area (Å²) < 4.78 is 15.2. The highest BCUT2D eigenvalue weighted by atomic mass is 16.5. The molecule has 1 aromatic carbocycles. The second kappa shape index (κ2) is 6.83. The van der Waals surface area contributed by atoms with Crippen LogP contribution in [0.3, 0.4) is 0 Å². The summed E-state index contributed by atoms with van der Waals surface area (Å²) in [6, 6.07) is 4.90. The molecule has 90 valence electrons. The Labute approximate surface area is 102 Å². The molecule has 0 aliphatic heterocycles. The lowest BCUT2D eigenvalue weighted by Crippen LogP contribution is -2.07. The van der Waals surface area contributed by atoms with Gasteiger partial charge in [0.1, 0.15) is 11.5 Å². The normalized spacial score (nSPS) is 9.76. The maximum Gasteiger partial charge on any atom is 0.338 e. The Morgan fingerprint density at radius 3 is 2.24 bits per heavy atom. The molecule has 0 atom stereocenters. The van der Waals surface area contributed by atoms with E-state index < -0.39 is 5.97 Å². The van der Waals surface area contributed by atoms with Crippen molar-refractivity contribution in [2.45, 2.75) is 12.7 Å². The molecular formula is C12H15BO4. The lowest BCUT2D eigenvalue weighted by Gasteiger charge is -2.08. The van der Waals surface area contributed by atoms with Gasteiger partial charge in [-0.1, -0.05) is 6.32 Å². The third-order valence-corrected chi connectivity index (χ3v) is 2.17. The van der Waals surface area contributed by atoms with Gasteiger partial charge < -0.3 is 14.2 Å². The van der Waals surface area contributed by atoms with Crippen LogP contribution in [0.5, 0.6) is 11.5 Å². The monoisotopic (exact) mass is 234 g/mol. The van der Waals surface area contributed by atoms with Gasteiger partial charge in [0, 0.05) is 6.07 Å². The van der Waals surface area contributed by atoms with Crippen molar-refractivity contribution >= 4 is 13.8 Å². The van der Waals surface area contributed by atoms with E-state index >= 15 is 0 Å². The predicted molar refractivity (Wildman–Crippen MR) is 65.0 cm³/mol. The fourth-order valence-electron chi connectivity index (χ4n) is 1.26. The molecule has 0 N–H and O–H groups in total. The van der Waals surface area contributed by atoms with Gasteiger partial charge in [-0.2, -0.15) is 0 Å². The molecule has 1 aromatic rings. The topological polar surface area (TPSA) is 44.8 Å². The summed E-state index contributed by atoms with van der Waals surface area (Å²) in [5.74, 6) is 0.695. The second-order valence-electron chi connectivity index (χ2n) is 3.38. The molecule has 0 amide bonds. The minimum absolute atomic E-state index is 0.314. The van der Waals surface area contributed by atoms with E-state index in [0.29, 0.717) is 36.4 Å². The molecule has 0 aliphatic carbocycles. The predicted octanol–water partition coefficient (Wildman–Crippen LogP) is 1.84. The van der Waals surface area contributed by atoms with Gasteiger partial charge >= 0.3 is 5.97 Å². The Hall–Kier alpha value is -1.65. The minimum Gasteiger partial charge on any atom is -0.497 e. The van der Waals surface area contributed by atoms with Crippen LogP contribution < -0.4 is 9.47 Å². The Morgan fingerprint density at radius 1 is 1.18 bits per heavy atom. The highest BCUT2D eigenvalue weighted by Crippen LogP contribution is 2.22. The van der Waals surface area contributed by atoms with Gasteiger partial charge in [0.2, 0.25) is 0 Å². The number of hydrogen-bond acceptors (Lipinski definition) is 4. The average molecular weight is 234 g/mol. The molecule has 0 unspecified atom stereocenters. The van der Waals surface area contributed by atoms with Crippen LogP contribution in [0.4, 0.5) is 0 Å². The number of methoxy groups -OCH3 is 2. The molecule has 17 heavy (non-hydrogen) atoms. The van der Waals surface area contributed by atoms with Gasteiger partial charge in [0.25, 0.3) is 0 Å². The summed E-state index contributed by atoms with van der Waals surface area (Å²) in [7, 11) is 8.37. The maximum atomic E-state index is 11.7.